The van der Waals surface area contributed by atoms with Crippen LogP contribution >= 0.6 is 0 Å². The quantitative estimate of drug-likeness (QED) is 0.453. The number of aliphatic hydroxyl groups is 1. The Kier molecular flexibility index (Phi) is 6.14. The number of hydrogen-bond acceptors (Lipinski definition) is 5. The van der Waals surface area contributed by atoms with E-state index in [0.717, 1.165) is 6.42 Å². The molecule has 25 heavy (non-hydrogen) atoms. The Balaban J connectivity index is 2.77. The van der Waals surface area contributed by atoms with Crippen LogP contribution in [0.15, 0.2) is 12.7 Å². The molecule has 144 valence electrons. The Morgan fingerprint density at radius 2 is 1.52 bits per heavy atom. The van der Waals surface area contributed by atoms with Crippen LogP contribution in [0.2, 0.25) is 0 Å². The minimum atomic E-state index is -6.38. The molecule has 5 nitrogen and oxygen atoms in total. The smallest absolute Gasteiger partial charge is 0.437 e. The number of carbonyl (C=O) groups excluding carboxylic acids is 2. The second-order valence-corrected chi connectivity index (χ2v) is 5.59. The van der Waals surface area contributed by atoms with Crippen LogP contribution in [-0.4, -0.2) is 47.2 Å². The summed E-state index contributed by atoms with van der Waals surface area (Å²) in [6.07, 6.45) is -8.45. The minimum absolute atomic E-state index is 0.380. The van der Waals surface area contributed by atoms with Crippen molar-refractivity contribution in [3.63, 3.8) is 0 Å². The zero-order valence-corrected chi connectivity index (χ0v) is 12.9. The van der Waals surface area contributed by atoms with Gasteiger partial charge in [0.05, 0.1) is 0 Å². The molecule has 11 heteroatoms. The van der Waals surface area contributed by atoms with Crippen LogP contribution in [-0.2, 0) is 19.1 Å². The second kappa shape index (κ2) is 7.22. The number of alkyl halides is 6. The topological polar surface area (TPSA) is 72.8 Å². The molecule has 0 bridgehead atoms. The molecular weight excluding hydrogens is 362 g/mol. The zero-order valence-electron chi connectivity index (χ0n) is 12.9. The van der Waals surface area contributed by atoms with Gasteiger partial charge in [-0.3, -0.25) is 0 Å². The average molecular weight is 378 g/mol. The van der Waals surface area contributed by atoms with E-state index < -0.39 is 42.1 Å². The molecule has 0 aliphatic heterocycles. The maximum Gasteiger partial charge on any atom is 0.437 e. The molecule has 1 rings (SSSR count). The van der Waals surface area contributed by atoms with Crippen molar-refractivity contribution in [2.24, 2.45) is 0 Å². The largest absolute Gasteiger partial charge is 0.452 e. The highest BCUT2D eigenvalue weighted by molar-refractivity contribution is 5.84. The maximum absolute atomic E-state index is 12.5. The Labute approximate surface area is 138 Å². The molecule has 1 saturated carbocycles. The Morgan fingerprint density at radius 1 is 1.04 bits per heavy atom. The number of carbonyl (C=O) groups is 2. The van der Waals surface area contributed by atoms with Gasteiger partial charge in [-0.15, -0.1) is 0 Å². The molecule has 0 unspecified atom stereocenters. The number of rotatable bonds is 5. The Bertz CT molecular complexity index is 505. The van der Waals surface area contributed by atoms with Crippen LogP contribution in [0.25, 0.3) is 0 Å². The predicted octanol–water partition coefficient (Wildman–Crippen LogP) is 2.82. The van der Waals surface area contributed by atoms with Crippen molar-refractivity contribution in [2.75, 3.05) is 6.61 Å². The van der Waals surface area contributed by atoms with Crippen molar-refractivity contribution in [1.82, 2.24) is 0 Å². The fourth-order valence-corrected chi connectivity index (χ4v) is 2.38. The van der Waals surface area contributed by atoms with E-state index in [0.29, 0.717) is 25.7 Å². The molecule has 0 saturated heterocycles. The van der Waals surface area contributed by atoms with E-state index in [1.165, 1.54) is 6.08 Å². The fraction of sp³-hybridized carbons (Fsp3) is 0.714. The van der Waals surface area contributed by atoms with E-state index in [4.69, 9.17) is 9.84 Å². The number of halogens is 6. The van der Waals surface area contributed by atoms with Crippen LogP contribution in [0.5, 0.6) is 0 Å². The van der Waals surface area contributed by atoms with Gasteiger partial charge in [0.1, 0.15) is 5.60 Å². The molecule has 1 fully saturated rings. The van der Waals surface area contributed by atoms with E-state index in [1.54, 1.807) is 0 Å². The monoisotopic (exact) mass is 378 g/mol. The van der Waals surface area contributed by atoms with Gasteiger partial charge in [-0.25, -0.2) is 9.59 Å². The van der Waals surface area contributed by atoms with Crippen LogP contribution in [0.1, 0.15) is 32.1 Å². The molecule has 0 radical (unpaired) electrons. The highest BCUT2D eigenvalue weighted by Gasteiger charge is 2.76. The van der Waals surface area contributed by atoms with Gasteiger partial charge >= 0.3 is 29.9 Å². The lowest BCUT2D eigenvalue weighted by Gasteiger charge is -2.34. The molecule has 0 spiro atoms. The average Bonchev–Trinajstić information content (AvgIpc) is 2.50. The minimum Gasteiger partial charge on any atom is -0.452 e. The van der Waals surface area contributed by atoms with Gasteiger partial charge in [0.2, 0.25) is 0 Å². The third-order valence-electron chi connectivity index (χ3n) is 3.83. The molecule has 0 amide bonds. The molecule has 1 aliphatic carbocycles. The van der Waals surface area contributed by atoms with E-state index in [2.05, 4.69) is 11.3 Å². The first-order chi connectivity index (χ1) is 11.3. The molecule has 0 aromatic carbocycles. The molecule has 0 heterocycles. The van der Waals surface area contributed by atoms with Crippen molar-refractivity contribution in [3.05, 3.63) is 12.7 Å². The summed E-state index contributed by atoms with van der Waals surface area (Å²) in [6, 6.07) is 0. The number of esters is 2. The summed E-state index contributed by atoms with van der Waals surface area (Å²) in [5.41, 5.74) is -6.84. The first-order valence-corrected chi connectivity index (χ1v) is 7.17. The van der Waals surface area contributed by atoms with Gasteiger partial charge in [0.25, 0.3) is 0 Å². The van der Waals surface area contributed by atoms with Crippen molar-refractivity contribution in [2.45, 2.75) is 55.7 Å². The summed E-state index contributed by atoms with van der Waals surface area (Å²) < 4.78 is 83.5. The first-order valence-electron chi connectivity index (χ1n) is 7.17. The lowest BCUT2D eigenvalue weighted by Crippen LogP contribution is -2.63. The summed E-state index contributed by atoms with van der Waals surface area (Å²) in [4.78, 5) is 22.8. The van der Waals surface area contributed by atoms with Gasteiger partial charge in [0, 0.05) is 0 Å². The van der Waals surface area contributed by atoms with E-state index in [9.17, 15) is 35.9 Å². The highest BCUT2D eigenvalue weighted by atomic mass is 19.4. The van der Waals surface area contributed by atoms with Crippen molar-refractivity contribution in [3.8, 4) is 0 Å². The second-order valence-electron chi connectivity index (χ2n) is 5.59. The van der Waals surface area contributed by atoms with Crippen LogP contribution in [0, 0.1) is 0 Å². The number of hydrogen-bond donors (Lipinski definition) is 1. The summed E-state index contributed by atoms with van der Waals surface area (Å²) in [5, 5.41) is 8.79. The SMILES string of the molecule is C=CC1(OC(=O)COC(=O)C(O)(C(F)(F)F)C(F)(F)F)CCCCC1. The van der Waals surface area contributed by atoms with Gasteiger partial charge in [-0.1, -0.05) is 13.0 Å². The van der Waals surface area contributed by atoms with Crippen LogP contribution in [0.4, 0.5) is 26.3 Å². The van der Waals surface area contributed by atoms with Crippen molar-refractivity contribution < 1.29 is 50.5 Å². The van der Waals surface area contributed by atoms with E-state index in [-0.39, 0.29) is 0 Å². The Hall–Kier alpha value is -1.78. The lowest BCUT2D eigenvalue weighted by molar-refractivity contribution is -0.356. The van der Waals surface area contributed by atoms with Gasteiger partial charge < -0.3 is 14.6 Å². The fourth-order valence-electron chi connectivity index (χ4n) is 2.38. The van der Waals surface area contributed by atoms with Crippen LogP contribution < -0.4 is 0 Å². The lowest BCUT2D eigenvalue weighted by atomic mass is 9.85. The van der Waals surface area contributed by atoms with Gasteiger partial charge in [-0.2, -0.15) is 26.3 Å². The first kappa shape index (κ1) is 21.3. The summed E-state index contributed by atoms with van der Waals surface area (Å²) >= 11 is 0. The maximum atomic E-state index is 12.5. The summed E-state index contributed by atoms with van der Waals surface area (Å²) in [7, 11) is 0. The summed E-state index contributed by atoms with van der Waals surface area (Å²) in [5.74, 6) is -4.40. The predicted molar refractivity (Wildman–Crippen MR) is 70.1 cm³/mol. The van der Waals surface area contributed by atoms with Crippen molar-refractivity contribution >= 4 is 11.9 Å². The van der Waals surface area contributed by atoms with Gasteiger partial charge in [-0.05, 0) is 31.8 Å². The standard InChI is InChI=1S/C14H16F6O5/c1-2-11(6-4-3-5-7-11)25-9(21)8-24-10(22)12(23,13(15,16)17)14(18,19)20/h2,23H,1,3-8H2. The Morgan fingerprint density at radius 3 is 1.92 bits per heavy atom. The van der Waals surface area contributed by atoms with Crippen molar-refractivity contribution in [1.29, 1.82) is 0 Å². The normalized spacial score (nSPS) is 18.4. The third-order valence-corrected chi connectivity index (χ3v) is 3.83. The molecule has 0 atom stereocenters. The van der Waals surface area contributed by atoms with Gasteiger partial charge in [0.15, 0.2) is 6.61 Å². The summed E-state index contributed by atoms with van der Waals surface area (Å²) in [6.45, 7) is 1.98. The molecular formula is C14H16F6O5. The molecule has 1 aliphatic rings. The zero-order chi connectivity index (χ0) is 19.5. The van der Waals surface area contributed by atoms with E-state index in [1.807, 2.05) is 0 Å². The van der Waals surface area contributed by atoms with Crippen LogP contribution in [0.3, 0.4) is 0 Å². The molecule has 1 N–H and O–H groups in total. The molecule has 0 aromatic heterocycles. The third kappa shape index (κ3) is 4.44. The molecule has 0 aromatic rings. The highest BCUT2D eigenvalue weighted by Crippen LogP contribution is 2.43. The number of ether oxygens (including phenoxy) is 2. The van der Waals surface area contributed by atoms with E-state index >= 15 is 0 Å².